The zero-order valence-electron chi connectivity index (χ0n) is 13.5. The summed E-state index contributed by atoms with van der Waals surface area (Å²) in [4.78, 5) is 36.6. The van der Waals surface area contributed by atoms with Crippen molar-refractivity contribution in [2.24, 2.45) is 0 Å². The van der Waals surface area contributed by atoms with Gasteiger partial charge in [-0.1, -0.05) is 0 Å². The summed E-state index contributed by atoms with van der Waals surface area (Å²) in [7, 11) is 0. The van der Waals surface area contributed by atoms with Crippen molar-refractivity contribution in [3.05, 3.63) is 0 Å². The van der Waals surface area contributed by atoms with Crippen molar-refractivity contribution in [2.75, 3.05) is 13.1 Å². The van der Waals surface area contributed by atoms with Crippen LogP contribution in [0.5, 0.6) is 0 Å². The zero-order valence-corrected chi connectivity index (χ0v) is 13.5. The number of carbonyl (C=O) groups excluding carboxylic acids is 4. The first kappa shape index (κ1) is 31.5. The number of alkyl halides is 6. The van der Waals surface area contributed by atoms with E-state index in [0.29, 0.717) is 12.8 Å². The largest absolute Gasteiger partial charge is 0.542 e. The van der Waals surface area contributed by atoms with Gasteiger partial charge in [-0.2, -0.15) is 26.3 Å². The molecule has 0 amide bonds. The van der Waals surface area contributed by atoms with Crippen LogP contribution in [0.25, 0.3) is 0 Å². The minimum absolute atomic E-state index is 0.670. The van der Waals surface area contributed by atoms with Gasteiger partial charge in [0.2, 0.25) is 0 Å². The molecule has 0 aromatic carbocycles. The highest BCUT2D eigenvalue weighted by Crippen LogP contribution is 2.12. The number of hydrogen-bond donors (Lipinski definition) is 2. The molecule has 26 heavy (non-hydrogen) atoms. The van der Waals surface area contributed by atoms with Gasteiger partial charge in [-0.3, -0.25) is 0 Å². The number of unbranched alkanes of at least 4 members (excludes halogenated alkanes) is 2. The normalized spacial score (nSPS) is 9.85. The second kappa shape index (κ2) is 19.1. The Morgan fingerprint density at radius 1 is 0.731 bits per heavy atom. The van der Waals surface area contributed by atoms with E-state index in [-0.39, 0.29) is 0 Å². The van der Waals surface area contributed by atoms with E-state index in [2.05, 4.69) is 11.5 Å². The molecule has 0 aromatic rings. The smallest absolute Gasteiger partial charge is 0.430 e. The fourth-order valence-electron chi connectivity index (χ4n) is 0.455. The number of halogens is 6. The average Bonchev–Trinajstić information content (AvgIpc) is 2.50. The van der Waals surface area contributed by atoms with Gasteiger partial charge in [-0.15, -0.1) is 0 Å². The molecule has 0 bridgehead atoms. The summed E-state index contributed by atoms with van der Waals surface area (Å²) in [6.07, 6.45) is -5.34. The van der Waals surface area contributed by atoms with E-state index < -0.39 is 24.3 Å². The lowest BCUT2D eigenvalue weighted by Gasteiger charge is -2.03. The average molecular weight is 402 g/mol. The second-order valence-corrected chi connectivity index (χ2v) is 3.90. The van der Waals surface area contributed by atoms with E-state index in [1.807, 2.05) is 0 Å². The molecule has 0 atom stereocenters. The predicted molar refractivity (Wildman–Crippen MR) is 68.2 cm³/mol. The van der Waals surface area contributed by atoms with Crippen LogP contribution in [0.15, 0.2) is 0 Å². The Hall–Kier alpha value is -2.22. The van der Waals surface area contributed by atoms with Crippen LogP contribution in [-0.4, -0.2) is 50.0 Å². The van der Waals surface area contributed by atoms with Crippen LogP contribution in [0.1, 0.15) is 25.7 Å². The number of quaternary nitrogens is 2. The van der Waals surface area contributed by atoms with E-state index in [9.17, 15) is 35.9 Å². The van der Waals surface area contributed by atoms with Gasteiger partial charge in [0, 0.05) is 25.7 Å². The summed E-state index contributed by atoms with van der Waals surface area (Å²) in [6.45, 7) is 1.75. The highest BCUT2D eigenvalue weighted by Gasteiger charge is 2.29. The molecule has 0 aliphatic heterocycles. The highest BCUT2D eigenvalue weighted by molar-refractivity contribution is 5.71. The number of hydrogen-bond acceptors (Lipinski definition) is 6. The molecule has 14 heteroatoms. The van der Waals surface area contributed by atoms with E-state index in [1.165, 1.54) is 0 Å². The van der Waals surface area contributed by atoms with Crippen LogP contribution >= 0.6 is 0 Å². The molecule has 0 rings (SSSR count). The Kier molecular flexibility index (Phi) is 23.2. The minimum Gasteiger partial charge on any atom is -0.542 e. The third-order valence-electron chi connectivity index (χ3n) is 1.61. The summed E-state index contributed by atoms with van der Waals surface area (Å²) >= 11 is 0. The molecule has 0 aliphatic rings. The first-order valence-electron chi connectivity index (χ1n) is 6.74. The first-order valence-corrected chi connectivity index (χ1v) is 6.74. The molecule has 0 heterocycles. The standard InChI is InChI=1S/2C4H9NO.2C2HF3O2/c2*5-3-1-2-4-6;2*3-2(4,5)1(6)7/h2*4H,1-3,5H2;2*(H,6,7). The van der Waals surface area contributed by atoms with Gasteiger partial charge in [0.15, 0.2) is 0 Å². The van der Waals surface area contributed by atoms with Crippen LogP contribution in [0.3, 0.4) is 0 Å². The molecule has 0 fully saturated rings. The molecule has 6 N–H and O–H groups in total. The second-order valence-electron chi connectivity index (χ2n) is 3.90. The Bertz CT molecular complexity index is 351. The Balaban J connectivity index is -0.000000124. The Morgan fingerprint density at radius 3 is 0.962 bits per heavy atom. The monoisotopic (exact) mass is 402 g/mol. The van der Waals surface area contributed by atoms with Crippen molar-refractivity contribution >= 4 is 24.5 Å². The fraction of sp³-hybridized carbons (Fsp3) is 0.667. The van der Waals surface area contributed by atoms with Gasteiger partial charge in [-0.05, 0) is 0 Å². The lowest BCUT2D eigenvalue weighted by molar-refractivity contribution is -0.368. The van der Waals surface area contributed by atoms with Crippen molar-refractivity contribution in [3.63, 3.8) is 0 Å². The third-order valence-corrected chi connectivity index (χ3v) is 1.61. The van der Waals surface area contributed by atoms with Crippen LogP contribution in [-0.2, 0) is 19.2 Å². The van der Waals surface area contributed by atoms with Crippen LogP contribution in [0.4, 0.5) is 26.3 Å². The minimum atomic E-state index is -5.19. The molecule has 0 aromatic heterocycles. The van der Waals surface area contributed by atoms with Gasteiger partial charge in [-0.25, -0.2) is 0 Å². The molecule has 0 aliphatic carbocycles. The summed E-state index contributed by atoms with van der Waals surface area (Å²) in [5.74, 6) is -6.01. The molecule has 0 unspecified atom stereocenters. The SMILES string of the molecule is O=C([O-])C(F)(F)F.O=C([O-])C(F)(F)F.[NH3+]CCCC=O.[NH3+]CCCC=O. The third kappa shape index (κ3) is 37.8. The molecule has 8 nitrogen and oxygen atoms in total. The van der Waals surface area contributed by atoms with Crippen LogP contribution in [0, 0.1) is 0 Å². The highest BCUT2D eigenvalue weighted by atomic mass is 19.4. The molecule has 0 saturated carbocycles. The topological polar surface area (TPSA) is 170 Å². The summed E-state index contributed by atoms with van der Waals surface area (Å²) in [6, 6.07) is 0. The fourth-order valence-corrected chi connectivity index (χ4v) is 0.455. The number of aldehydes is 2. The van der Waals surface area contributed by atoms with Gasteiger partial charge in [0.1, 0.15) is 24.5 Å². The van der Waals surface area contributed by atoms with Crippen LogP contribution < -0.4 is 21.7 Å². The maximum absolute atomic E-state index is 10.5. The molecular formula is C12H20F6N2O6. The predicted octanol–water partition coefficient (Wildman–Crippen LogP) is -2.99. The van der Waals surface area contributed by atoms with Crippen molar-refractivity contribution in [1.29, 1.82) is 0 Å². The van der Waals surface area contributed by atoms with E-state index in [4.69, 9.17) is 19.8 Å². The molecule has 0 spiro atoms. The number of aliphatic carboxylic acids is 2. The lowest BCUT2D eigenvalue weighted by Crippen LogP contribution is -2.50. The van der Waals surface area contributed by atoms with Crippen LogP contribution in [0.2, 0.25) is 0 Å². The number of carboxylic acids is 2. The van der Waals surface area contributed by atoms with E-state index in [1.54, 1.807) is 0 Å². The van der Waals surface area contributed by atoms with Crippen molar-refractivity contribution in [1.82, 2.24) is 0 Å². The van der Waals surface area contributed by atoms with Gasteiger partial charge in [0.25, 0.3) is 0 Å². The number of carboxylic acid groups (broad SMARTS) is 2. The maximum atomic E-state index is 10.5. The van der Waals surface area contributed by atoms with Crippen molar-refractivity contribution < 1.29 is 67.2 Å². The van der Waals surface area contributed by atoms with Crippen molar-refractivity contribution in [3.8, 4) is 0 Å². The number of carbonyl (C=O) groups is 4. The number of rotatable bonds is 6. The molecular weight excluding hydrogens is 382 g/mol. The van der Waals surface area contributed by atoms with Gasteiger partial charge >= 0.3 is 12.4 Å². The van der Waals surface area contributed by atoms with Gasteiger partial charge < -0.3 is 40.9 Å². The summed E-state index contributed by atoms with van der Waals surface area (Å²) in [5.41, 5.74) is 7.13. The first-order chi connectivity index (χ1) is 11.7. The van der Waals surface area contributed by atoms with E-state index in [0.717, 1.165) is 38.5 Å². The molecule has 0 saturated heterocycles. The summed E-state index contributed by atoms with van der Waals surface area (Å²) in [5, 5.41) is 17.6. The summed E-state index contributed by atoms with van der Waals surface area (Å²) < 4.78 is 63.1. The lowest BCUT2D eigenvalue weighted by atomic mass is 10.3. The van der Waals surface area contributed by atoms with E-state index >= 15 is 0 Å². The Morgan fingerprint density at radius 2 is 0.923 bits per heavy atom. The molecule has 0 radical (unpaired) electrons. The quantitative estimate of drug-likeness (QED) is 0.273. The van der Waals surface area contributed by atoms with Gasteiger partial charge in [0.05, 0.1) is 13.1 Å². The zero-order chi connectivity index (χ0) is 21.8. The maximum Gasteiger partial charge on any atom is 0.430 e. The Labute approximate surface area is 144 Å². The van der Waals surface area contributed by atoms with Crippen molar-refractivity contribution in [2.45, 2.75) is 38.0 Å². The molecule has 156 valence electrons.